The summed E-state index contributed by atoms with van der Waals surface area (Å²) in [5.74, 6) is 0.501. The van der Waals surface area contributed by atoms with Crippen LogP contribution in [0.15, 0.2) is 76.2 Å². The minimum Gasteiger partial charge on any atom is -0.494 e. The van der Waals surface area contributed by atoms with Gasteiger partial charge in [0, 0.05) is 18.9 Å². The van der Waals surface area contributed by atoms with Crippen molar-refractivity contribution >= 4 is 16.9 Å². The highest BCUT2D eigenvalue weighted by Crippen LogP contribution is 2.40. The van der Waals surface area contributed by atoms with Crippen molar-refractivity contribution in [3.05, 3.63) is 105 Å². The number of hydrogen-bond acceptors (Lipinski definition) is 5. The SMILES string of the molecule is CCCOc1cccc(C2c3c(oc4ccc(C)cc4c3=O)C(=O)N2Cc2cccnc2)c1. The average Bonchev–Trinajstić information content (AvgIpc) is 3.11. The van der Waals surface area contributed by atoms with E-state index >= 15 is 0 Å². The van der Waals surface area contributed by atoms with Gasteiger partial charge in [0.2, 0.25) is 5.76 Å². The van der Waals surface area contributed by atoms with Crippen molar-refractivity contribution in [1.29, 1.82) is 0 Å². The summed E-state index contributed by atoms with van der Waals surface area (Å²) in [7, 11) is 0. The van der Waals surface area contributed by atoms with E-state index in [-0.39, 0.29) is 17.1 Å². The van der Waals surface area contributed by atoms with E-state index in [1.54, 1.807) is 23.4 Å². The summed E-state index contributed by atoms with van der Waals surface area (Å²) < 4.78 is 11.9. The maximum atomic E-state index is 13.7. The lowest BCUT2D eigenvalue weighted by Crippen LogP contribution is -2.29. The van der Waals surface area contributed by atoms with Crippen LogP contribution in [0, 0.1) is 6.92 Å². The quantitative estimate of drug-likeness (QED) is 0.420. The van der Waals surface area contributed by atoms with Crippen molar-refractivity contribution in [2.75, 3.05) is 6.61 Å². The monoisotopic (exact) mass is 440 g/mol. The van der Waals surface area contributed by atoms with Crippen LogP contribution in [-0.2, 0) is 6.54 Å². The topological polar surface area (TPSA) is 72.6 Å². The zero-order chi connectivity index (χ0) is 22.9. The van der Waals surface area contributed by atoms with Crippen LogP contribution in [-0.4, -0.2) is 22.4 Å². The predicted octanol–water partition coefficient (Wildman–Crippen LogP) is 5.03. The van der Waals surface area contributed by atoms with Crippen LogP contribution >= 0.6 is 0 Å². The molecule has 1 aliphatic heterocycles. The third-order valence-electron chi connectivity index (χ3n) is 5.84. The van der Waals surface area contributed by atoms with Crippen LogP contribution in [0.5, 0.6) is 5.75 Å². The third kappa shape index (κ3) is 3.78. The Hall–Kier alpha value is -3.93. The molecule has 2 aromatic carbocycles. The van der Waals surface area contributed by atoms with Crippen molar-refractivity contribution in [3.8, 4) is 5.75 Å². The van der Waals surface area contributed by atoms with Gasteiger partial charge < -0.3 is 14.1 Å². The Balaban J connectivity index is 1.69. The van der Waals surface area contributed by atoms with Crippen LogP contribution in [0.2, 0.25) is 0 Å². The fraction of sp³-hybridized carbons (Fsp3) is 0.222. The van der Waals surface area contributed by atoms with E-state index in [2.05, 4.69) is 4.98 Å². The van der Waals surface area contributed by atoms with E-state index in [0.717, 1.165) is 23.1 Å². The van der Waals surface area contributed by atoms with Crippen molar-refractivity contribution < 1.29 is 13.9 Å². The maximum Gasteiger partial charge on any atom is 0.291 e. The van der Waals surface area contributed by atoms with Gasteiger partial charge in [-0.1, -0.05) is 36.8 Å². The van der Waals surface area contributed by atoms with Gasteiger partial charge in [-0.05, 0) is 54.8 Å². The molecular weight excluding hydrogens is 416 g/mol. The Morgan fingerprint density at radius 1 is 1.09 bits per heavy atom. The fourth-order valence-electron chi connectivity index (χ4n) is 4.33. The smallest absolute Gasteiger partial charge is 0.291 e. The molecular formula is C27H24N2O4. The van der Waals surface area contributed by atoms with Crippen LogP contribution in [0.25, 0.3) is 11.0 Å². The molecule has 0 saturated heterocycles. The van der Waals surface area contributed by atoms with Crippen LogP contribution in [0.3, 0.4) is 0 Å². The Morgan fingerprint density at radius 2 is 1.97 bits per heavy atom. The van der Waals surface area contributed by atoms with Gasteiger partial charge in [-0.15, -0.1) is 0 Å². The molecule has 0 bridgehead atoms. The highest BCUT2D eigenvalue weighted by Gasteiger charge is 2.42. The number of carbonyl (C=O) groups excluding carboxylic acids is 1. The summed E-state index contributed by atoms with van der Waals surface area (Å²) in [5.41, 5.74) is 3.24. The van der Waals surface area contributed by atoms with Crippen molar-refractivity contribution in [1.82, 2.24) is 9.88 Å². The molecule has 5 rings (SSSR count). The largest absolute Gasteiger partial charge is 0.494 e. The first-order chi connectivity index (χ1) is 16.1. The molecule has 2 aromatic heterocycles. The van der Waals surface area contributed by atoms with E-state index in [1.807, 2.05) is 62.4 Å². The Bertz CT molecular complexity index is 1390. The molecule has 0 fully saturated rings. The number of fused-ring (bicyclic) bond motifs is 2. The second kappa shape index (κ2) is 8.54. The first-order valence-electron chi connectivity index (χ1n) is 11.1. The van der Waals surface area contributed by atoms with Gasteiger partial charge in [-0.25, -0.2) is 0 Å². The van der Waals surface area contributed by atoms with Gasteiger partial charge in [0.15, 0.2) is 5.43 Å². The fourth-order valence-corrected chi connectivity index (χ4v) is 4.33. The zero-order valence-electron chi connectivity index (χ0n) is 18.6. The molecule has 4 aromatic rings. The lowest BCUT2D eigenvalue weighted by atomic mass is 9.97. The first kappa shape index (κ1) is 20.9. The second-order valence-electron chi connectivity index (χ2n) is 8.29. The summed E-state index contributed by atoms with van der Waals surface area (Å²) in [6.45, 7) is 4.87. The molecule has 1 unspecified atom stereocenters. The minimum atomic E-state index is -0.584. The number of aryl methyl sites for hydroxylation is 1. The number of carbonyl (C=O) groups is 1. The molecule has 33 heavy (non-hydrogen) atoms. The normalized spacial score (nSPS) is 15.2. The van der Waals surface area contributed by atoms with E-state index in [9.17, 15) is 9.59 Å². The summed E-state index contributed by atoms with van der Waals surface area (Å²) in [6, 6.07) is 16.2. The molecule has 6 heteroatoms. The third-order valence-corrected chi connectivity index (χ3v) is 5.84. The highest BCUT2D eigenvalue weighted by molar-refractivity contribution is 5.99. The molecule has 0 radical (unpaired) electrons. The number of benzene rings is 2. The van der Waals surface area contributed by atoms with Crippen LogP contribution < -0.4 is 10.2 Å². The number of amides is 1. The molecule has 0 N–H and O–H groups in total. The lowest BCUT2D eigenvalue weighted by molar-refractivity contribution is 0.0714. The molecule has 166 valence electrons. The van der Waals surface area contributed by atoms with Crippen LogP contribution in [0.4, 0.5) is 0 Å². The number of pyridine rings is 1. The van der Waals surface area contributed by atoms with Crippen LogP contribution in [0.1, 0.15) is 52.2 Å². The van der Waals surface area contributed by atoms with Crippen molar-refractivity contribution in [2.45, 2.75) is 32.9 Å². The minimum absolute atomic E-state index is 0.102. The lowest BCUT2D eigenvalue weighted by Gasteiger charge is -2.25. The summed E-state index contributed by atoms with van der Waals surface area (Å²) in [5, 5.41) is 0.480. The van der Waals surface area contributed by atoms with Gasteiger partial charge in [0.25, 0.3) is 5.91 Å². The summed E-state index contributed by atoms with van der Waals surface area (Å²) in [4.78, 5) is 33.1. The van der Waals surface area contributed by atoms with Gasteiger partial charge in [-0.3, -0.25) is 14.6 Å². The number of aromatic nitrogens is 1. The van der Waals surface area contributed by atoms with E-state index < -0.39 is 6.04 Å². The van der Waals surface area contributed by atoms with Gasteiger partial charge in [0.1, 0.15) is 11.3 Å². The second-order valence-corrected chi connectivity index (χ2v) is 8.29. The van der Waals surface area contributed by atoms with E-state index in [0.29, 0.717) is 35.4 Å². The van der Waals surface area contributed by atoms with Crippen molar-refractivity contribution in [3.63, 3.8) is 0 Å². The Kier molecular flexibility index (Phi) is 5.42. The Morgan fingerprint density at radius 3 is 2.76 bits per heavy atom. The summed E-state index contributed by atoms with van der Waals surface area (Å²) in [6.07, 6.45) is 4.30. The molecule has 6 nitrogen and oxygen atoms in total. The van der Waals surface area contributed by atoms with E-state index in [4.69, 9.17) is 9.15 Å². The average molecular weight is 440 g/mol. The number of ether oxygens (including phenoxy) is 1. The zero-order valence-corrected chi connectivity index (χ0v) is 18.6. The van der Waals surface area contributed by atoms with E-state index in [1.165, 1.54) is 0 Å². The molecule has 0 aliphatic carbocycles. The molecule has 1 atom stereocenters. The molecule has 1 amide bonds. The number of rotatable bonds is 6. The molecule has 0 saturated carbocycles. The molecule has 3 heterocycles. The predicted molar refractivity (Wildman–Crippen MR) is 125 cm³/mol. The van der Waals surface area contributed by atoms with Gasteiger partial charge in [0.05, 0.1) is 23.6 Å². The first-order valence-corrected chi connectivity index (χ1v) is 11.1. The molecule has 0 spiro atoms. The summed E-state index contributed by atoms with van der Waals surface area (Å²) >= 11 is 0. The molecule has 1 aliphatic rings. The standard InChI is InChI=1S/C27H24N2O4/c1-3-12-32-20-8-4-7-19(14-20)24-23-25(30)21-13-17(2)9-10-22(21)33-26(23)27(31)29(24)16-18-6-5-11-28-15-18/h4-11,13-15,24H,3,12,16H2,1-2H3. The number of hydrogen-bond donors (Lipinski definition) is 0. The highest BCUT2D eigenvalue weighted by atomic mass is 16.5. The van der Waals surface area contributed by atoms with Gasteiger partial charge in [-0.2, -0.15) is 0 Å². The number of nitrogens with zero attached hydrogens (tertiary/aromatic N) is 2. The van der Waals surface area contributed by atoms with Crippen molar-refractivity contribution in [2.24, 2.45) is 0 Å². The Labute approximate surface area is 191 Å². The maximum absolute atomic E-state index is 13.7. The van der Waals surface area contributed by atoms with Gasteiger partial charge >= 0.3 is 0 Å².